The van der Waals surface area contributed by atoms with Gasteiger partial charge in [-0.3, -0.25) is 0 Å². The molecule has 0 atom stereocenters. The summed E-state index contributed by atoms with van der Waals surface area (Å²) in [6.45, 7) is 0. The molecule has 0 amide bonds. The van der Waals surface area contributed by atoms with Gasteiger partial charge < -0.3 is 9.30 Å². The van der Waals surface area contributed by atoms with Gasteiger partial charge >= 0.3 is 0 Å². The summed E-state index contributed by atoms with van der Waals surface area (Å²) >= 11 is 1.87. The van der Waals surface area contributed by atoms with Gasteiger partial charge in [0.2, 0.25) is 0 Å². The third-order valence-corrected chi connectivity index (χ3v) is 12.2. The Kier molecular flexibility index (Phi) is 5.41. The van der Waals surface area contributed by atoms with Crippen LogP contribution in [0.25, 0.3) is 90.6 Å². The average Bonchev–Trinajstić information content (AvgIpc) is 3.86. The smallest absolute Gasteiger partial charge is 0.0621 e. The lowest BCUT2D eigenvalue weighted by atomic mass is 9.94. The molecular weight excluding hydrogens is 637 g/mol. The molecule has 12 aromatic rings. The fourth-order valence-electron chi connectivity index (χ4n) is 9.03. The molecule has 3 heteroatoms. The van der Waals surface area contributed by atoms with Crippen molar-refractivity contribution in [2.24, 2.45) is 0 Å². The molecule has 0 aliphatic heterocycles. The van der Waals surface area contributed by atoms with Crippen molar-refractivity contribution in [1.82, 2.24) is 4.40 Å². The van der Waals surface area contributed by atoms with E-state index in [1.807, 2.05) is 11.3 Å². The maximum absolute atomic E-state index is 2.54. The fourth-order valence-corrected chi connectivity index (χ4v) is 10.2. The van der Waals surface area contributed by atoms with Crippen LogP contribution in [0.15, 0.2) is 170 Å². The first kappa shape index (κ1) is 27.4. The fraction of sp³-hybridized carbons (Fsp3) is 0. The number of aromatic nitrogens is 1. The van der Waals surface area contributed by atoms with E-state index in [4.69, 9.17) is 0 Å². The highest BCUT2D eigenvalue weighted by atomic mass is 32.1. The van der Waals surface area contributed by atoms with Crippen molar-refractivity contribution >= 4 is 119 Å². The van der Waals surface area contributed by atoms with Crippen LogP contribution >= 0.6 is 11.3 Å². The number of benzene rings is 9. The maximum Gasteiger partial charge on any atom is 0.0621 e. The van der Waals surface area contributed by atoms with Crippen molar-refractivity contribution in [3.05, 3.63) is 170 Å². The number of thiophene rings is 1. The van der Waals surface area contributed by atoms with E-state index in [0.29, 0.717) is 0 Å². The van der Waals surface area contributed by atoms with Crippen LogP contribution < -0.4 is 4.90 Å². The summed E-state index contributed by atoms with van der Waals surface area (Å²) in [4.78, 5) is 2.54. The van der Waals surface area contributed by atoms with E-state index in [2.05, 4.69) is 179 Å². The largest absolute Gasteiger partial charge is 0.309 e. The molecule has 0 bridgehead atoms. The monoisotopic (exact) mass is 664 g/mol. The minimum absolute atomic E-state index is 1.15. The number of rotatable bonds is 3. The second-order valence-electron chi connectivity index (χ2n) is 13.6. The van der Waals surface area contributed by atoms with Gasteiger partial charge in [-0.05, 0) is 80.8 Å². The second kappa shape index (κ2) is 10.1. The summed E-state index contributed by atoms with van der Waals surface area (Å²) in [5, 5.41) is 15.4. The Hall–Kier alpha value is -6.42. The normalized spacial score (nSPS) is 12.3. The molecule has 0 saturated carbocycles. The van der Waals surface area contributed by atoms with E-state index < -0.39 is 0 Å². The van der Waals surface area contributed by atoms with Crippen molar-refractivity contribution in [2.45, 2.75) is 0 Å². The van der Waals surface area contributed by atoms with Gasteiger partial charge in [-0.25, -0.2) is 0 Å². The Morgan fingerprint density at radius 3 is 1.67 bits per heavy atom. The van der Waals surface area contributed by atoms with Gasteiger partial charge in [-0.2, -0.15) is 0 Å². The van der Waals surface area contributed by atoms with Crippen LogP contribution in [-0.4, -0.2) is 4.40 Å². The zero-order valence-electron chi connectivity index (χ0n) is 27.5. The highest BCUT2D eigenvalue weighted by molar-refractivity contribution is 7.26. The summed E-state index contributed by atoms with van der Waals surface area (Å²) in [7, 11) is 0. The van der Waals surface area contributed by atoms with E-state index in [1.165, 1.54) is 102 Å². The van der Waals surface area contributed by atoms with Gasteiger partial charge in [-0.15, -0.1) is 11.3 Å². The predicted molar refractivity (Wildman–Crippen MR) is 221 cm³/mol. The molecule has 2 nitrogen and oxygen atoms in total. The quantitative estimate of drug-likeness (QED) is 0.171. The van der Waals surface area contributed by atoms with E-state index in [-0.39, 0.29) is 0 Å². The lowest BCUT2D eigenvalue weighted by Gasteiger charge is -2.28. The predicted octanol–water partition coefficient (Wildman–Crippen LogP) is 14.1. The number of anilines is 3. The molecular formula is C48H28N2S. The first-order chi connectivity index (χ1) is 25.3. The summed E-state index contributed by atoms with van der Waals surface area (Å²) in [6.07, 6.45) is 0. The number of nitrogens with zero attached hydrogens (tertiary/aromatic N) is 2. The van der Waals surface area contributed by atoms with Crippen molar-refractivity contribution in [3.63, 3.8) is 0 Å². The molecule has 0 unspecified atom stereocenters. The SMILES string of the molecule is c1ccc2c(c1)sc1cccc(N(c3ccc4c5ccccc5c5ccccc5c4c3)c3cccc4c3c3cccc5c6ccccc6n4c53)c12. The molecule has 0 aliphatic carbocycles. The molecule has 9 aromatic carbocycles. The molecule has 0 N–H and O–H groups in total. The summed E-state index contributed by atoms with van der Waals surface area (Å²) in [5.41, 5.74) is 7.28. The molecule has 12 rings (SSSR count). The molecule has 0 spiro atoms. The third kappa shape index (κ3) is 3.60. The topological polar surface area (TPSA) is 7.65 Å². The van der Waals surface area contributed by atoms with Gasteiger partial charge in [0.25, 0.3) is 0 Å². The van der Waals surface area contributed by atoms with Crippen LogP contribution in [0.3, 0.4) is 0 Å². The number of hydrogen-bond donors (Lipinski definition) is 0. The van der Waals surface area contributed by atoms with Gasteiger partial charge in [-0.1, -0.05) is 121 Å². The van der Waals surface area contributed by atoms with Gasteiger partial charge in [0.15, 0.2) is 0 Å². The van der Waals surface area contributed by atoms with E-state index in [1.54, 1.807) is 0 Å². The van der Waals surface area contributed by atoms with Crippen LogP contribution in [0.4, 0.5) is 17.1 Å². The Morgan fingerprint density at radius 1 is 0.353 bits per heavy atom. The summed E-state index contributed by atoms with van der Waals surface area (Å²) in [5.74, 6) is 0. The first-order valence-electron chi connectivity index (χ1n) is 17.5. The van der Waals surface area contributed by atoms with E-state index in [0.717, 1.165) is 5.69 Å². The number of fused-ring (bicyclic) bond motifs is 15. The summed E-state index contributed by atoms with van der Waals surface area (Å²) < 4.78 is 5.08. The van der Waals surface area contributed by atoms with Crippen molar-refractivity contribution < 1.29 is 0 Å². The Balaban J connectivity index is 1.25. The van der Waals surface area contributed by atoms with Gasteiger partial charge in [0, 0.05) is 47.4 Å². The molecule has 51 heavy (non-hydrogen) atoms. The second-order valence-corrected chi connectivity index (χ2v) is 14.7. The zero-order chi connectivity index (χ0) is 33.2. The van der Waals surface area contributed by atoms with Crippen LogP contribution in [0.5, 0.6) is 0 Å². The highest BCUT2D eigenvalue weighted by Gasteiger charge is 2.25. The zero-order valence-corrected chi connectivity index (χ0v) is 28.3. The van der Waals surface area contributed by atoms with Crippen molar-refractivity contribution in [2.75, 3.05) is 4.90 Å². The Morgan fingerprint density at radius 2 is 0.882 bits per heavy atom. The lowest BCUT2D eigenvalue weighted by molar-refractivity contribution is 1.32. The molecule has 0 fully saturated rings. The molecule has 3 heterocycles. The Labute approximate surface area is 296 Å². The number of para-hydroxylation sites is 2. The van der Waals surface area contributed by atoms with E-state index >= 15 is 0 Å². The molecule has 3 aromatic heterocycles. The van der Waals surface area contributed by atoms with Crippen LogP contribution in [0, 0.1) is 0 Å². The van der Waals surface area contributed by atoms with E-state index in [9.17, 15) is 0 Å². The molecule has 0 saturated heterocycles. The highest BCUT2D eigenvalue weighted by Crippen LogP contribution is 2.50. The maximum atomic E-state index is 2.54. The molecule has 0 radical (unpaired) electrons. The van der Waals surface area contributed by atoms with Crippen LogP contribution in [0.2, 0.25) is 0 Å². The molecule has 236 valence electrons. The minimum Gasteiger partial charge on any atom is -0.309 e. The Bertz CT molecular complexity index is 3350. The lowest BCUT2D eigenvalue weighted by Crippen LogP contribution is -2.11. The van der Waals surface area contributed by atoms with Gasteiger partial charge in [0.1, 0.15) is 0 Å². The minimum atomic E-state index is 1.15. The summed E-state index contributed by atoms with van der Waals surface area (Å²) in [6, 6.07) is 63.0. The standard InChI is InChI=1S/C48H28N2S/c1-2-14-32-30(12-1)31-13-3-4-15-33(31)39-28-29(26-27-34(32)39)49(43-23-11-25-45-47(43)37-17-6-8-24-44(37)51-45)41-21-10-22-42-46(41)38-19-9-18-36-35-16-5-7-20-40(35)50(42)48(36)38/h1-28H. The third-order valence-electron chi connectivity index (χ3n) is 11.1. The number of hydrogen-bond acceptors (Lipinski definition) is 2. The van der Waals surface area contributed by atoms with Crippen molar-refractivity contribution in [3.8, 4) is 0 Å². The van der Waals surface area contributed by atoms with Crippen molar-refractivity contribution in [1.29, 1.82) is 0 Å². The van der Waals surface area contributed by atoms with Crippen LogP contribution in [0.1, 0.15) is 0 Å². The van der Waals surface area contributed by atoms with Crippen LogP contribution in [-0.2, 0) is 0 Å². The van der Waals surface area contributed by atoms with Gasteiger partial charge in [0.05, 0.1) is 27.9 Å². The molecule has 0 aliphatic rings. The first-order valence-corrected chi connectivity index (χ1v) is 18.3. The average molecular weight is 665 g/mol.